The second-order valence-electron chi connectivity index (χ2n) is 7.29. The standard InChI is InChI=1S/C19H24N4O3/c1-23-10-13(9-20-23)17(12-6-14(24)7-12)22-18(25)15-8-11-4-3-5-16(11)21-19(15)26-2/h8-10,12,14,17,24H,3-7H2,1-2H3,(H,22,25)/t12?,14?,17-/m0/s1. The molecule has 1 saturated carbocycles. The highest BCUT2D eigenvalue weighted by Gasteiger charge is 2.37. The minimum atomic E-state index is -0.285. The molecule has 7 nitrogen and oxygen atoms in total. The van der Waals surface area contributed by atoms with Gasteiger partial charge in [0.2, 0.25) is 5.88 Å². The van der Waals surface area contributed by atoms with Crippen molar-refractivity contribution < 1.29 is 14.6 Å². The zero-order chi connectivity index (χ0) is 18.3. The number of ether oxygens (including phenoxy) is 1. The Morgan fingerprint density at radius 2 is 2.23 bits per heavy atom. The number of amides is 1. The monoisotopic (exact) mass is 356 g/mol. The van der Waals surface area contributed by atoms with Crippen LogP contribution in [0.2, 0.25) is 0 Å². The first-order chi connectivity index (χ1) is 12.5. The molecule has 2 aliphatic rings. The molecular weight excluding hydrogens is 332 g/mol. The normalized spacial score (nSPS) is 22.4. The molecule has 7 heteroatoms. The van der Waals surface area contributed by atoms with Crippen molar-refractivity contribution in [3.63, 3.8) is 0 Å². The predicted octanol–water partition coefficient (Wildman–Crippen LogP) is 1.55. The summed E-state index contributed by atoms with van der Waals surface area (Å²) in [6, 6.07) is 1.73. The summed E-state index contributed by atoms with van der Waals surface area (Å²) in [6.45, 7) is 0. The third kappa shape index (κ3) is 3.07. The number of nitrogens with zero attached hydrogens (tertiary/aromatic N) is 3. The number of hydrogen-bond donors (Lipinski definition) is 2. The first-order valence-electron chi connectivity index (χ1n) is 9.09. The highest BCUT2D eigenvalue weighted by atomic mass is 16.5. The van der Waals surface area contributed by atoms with Crippen molar-refractivity contribution in [2.75, 3.05) is 7.11 Å². The second-order valence-corrected chi connectivity index (χ2v) is 7.29. The van der Waals surface area contributed by atoms with Crippen LogP contribution in [0, 0.1) is 5.92 Å². The Kier molecular flexibility index (Phi) is 4.40. The van der Waals surface area contributed by atoms with Gasteiger partial charge >= 0.3 is 0 Å². The van der Waals surface area contributed by atoms with Crippen LogP contribution in [0.15, 0.2) is 18.5 Å². The first kappa shape index (κ1) is 17.0. The summed E-state index contributed by atoms with van der Waals surface area (Å²) < 4.78 is 7.10. The lowest BCUT2D eigenvalue weighted by Crippen LogP contribution is -2.41. The van der Waals surface area contributed by atoms with Gasteiger partial charge in [-0.1, -0.05) is 0 Å². The van der Waals surface area contributed by atoms with Crippen molar-refractivity contribution >= 4 is 5.91 Å². The van der Waals surface area contributed by atoms with Gasteiger partial charge in [-0.25, -0.2) is 4.98 Å². The fraction of sp³-hybridized carbons (Fsp3) is 0.526. The fourth-order valence-corrected chi connectivity index (χ4v) is 3.97. The van der Waals surface area contributed by atoms with Crippen molar-refractivity contribution in [1.82, 2.24) is 20.1 Å². The van der Waals surface area contributed by atoms with Gasteiger partial charge in [0.15, 0.2) is 0 Å². The van der Waals surface area contributed by atoms with E-state index in [0.29, 0.717) is 24.3 Å². The van der Waals surface area contributed by atoms with E-state index in [4.69, 9.17) is 4.74 Å². The molecule has 0 spiro atoms. The highest BCUT2D eigenvalue weighted by molar-refractivity contribution is 5.97. The van der Waals surface area contributed by atoms with Crippen LogP contribution in [0.25, 0.3) is 0 Å². The van der Waals surface area contributed by atoms with Gasteiger partial charge in [0.25, 0.3) is 5.91 Å². The molecule has 0 unspecified atom stereocenters. The molecule has 0 radical (unpaired) electrons. The molecular formula is C19H24N4O3. The van der Waals surface area contributed by atoms with E-state index in [0.717, 1.165) is 36.1 Å². The smallest absolute Gasteiger partial charge is 0.257 e. The number of carbonyl (C=O) groups excluding carboxylic acids is 1. The predicted molar refractivity (Wildman–Crippen MR) is 95.0 cm³/mol. The summed E-state index contributed by atoms with van der Waals surface area (Å²) in [6.07, 6.45) is 7.71. The van der Waals surface area contributed by atoms with Crippen molar-refractivity contribution in [1.29, 1.82) is 0 Å². The molecule has 1 amide bonds. The van der Waals surface area contributed by atoms with Gasteiger partial charge in [-0.3, -0.25) is 9.48 Å². The van der Waals surface area contributed by atoms with E-state index in [1.165, 1.54) is 0 Å². The summed E-state index contributed by atoms with van der Waals surface area (Å²) >= 11 is 0. The van der Waals surface area contributed by atoms with Gasteiger partial charge in [-0.05, 0) is 49.7 Å². The summed E-state index contributed by atoms with van der Waals surface area (Å²) in [4.78, 5) is 17.5. The van der Waals surface area contributed by atoms with Crippen molar-refractivity contribution in [2.45, 2.75) is 44.2 Å². The lowest BCUT2D eigenvalue weighted by atomic mass is 9.75. The summed E-state index contributed by atoms with van der Waals surface area (Å²) in [5, 5.41) is 17.0. The van der Waals surface area contributed by atoms with Crippen molar-refractivity contribution in [3.05, 3.63) is 40.8 Å². The Morgan fingerprint density at radius 3 is 2.88 bits per heavy atom. The van der Waals surface area contributed by atoms with E-state index in [1.54, 1.807) is 18.0 Å². The third-order valence-corrected chi connectivity index (χ3v) is 5.45. The summed E-state index contributed by atoms with van der Waals surface area (Å²) in [5.41, 5.74) is 3.59. The lowest BCUT2D eigenvalue weighted by molar-refractivity contribution is 0.0235. The minimum Gasteiger partial charge on any atom is -0.480 e. The summed E-state index contributed by atoms with van der Waals surface area (Å²) in [7, 11) is 3.40. The molecule has 2 aliphatic carbocycles. The molecule has 2 aromatic heterocycles. The Bertz CT molecular complexity index is 826. The Labute approximate surface area is 152 Å². The number of hydrogen-bond acceptors (Lipinski definition) is 5. The lowest BCUT2D eigenvalue weighted by Gasteiger charge is -2.37. The first-order valence-corrected chi connectivity index (χ1v) is 9.09. The molecule has 26 heavy (non-hydrogen) atoms. The van der Waals surface area contributed by atoms with Crippen LogP contribution in [0.1, 0.15) is 52.5 Å². The Hall–Kier alpha value is -2.41. The van der Waals surface area contributed by atoms with Crippen molar-refractivity contribution in [2.24, 2.45) is 13.0 Å². The average molecular weight is 356 g/mol. The minimum absolute atomic E-state index is 0.183. The van der Waals surface area contributed by atoms with Crippen molar-refractivity contribution in [3.8, 4) is 5.88 Å². The molecule has 138 valence electrons. The maximum Gasteiger partial charge on any atom is 0.257 e. The molecule has 1 atom stereocenters. The second kappa shape index (κ2) is 6.72. The molecule has 0 saturated heterocycles. The van der Waals surface area contributed by atoms with E-state index < -0.39 is 0 Å². The molecule has 0 aliphatic heterocycles. The maximum atomic E-state index is 13.0. The van der Waals surface area contributed by atoms with Crippen LogP contribution in [0.3, 0.4) is 0 Å². The van der Waals surface area contributed by atoms with Gasteiger partial charge < -0.3 is 15.2 Å². The molecule has 2 heterocycles. The number of pyridine rings is 1. The number of methoxy groups -OCH3 is 1. The van der Waals surface area contributed by atoms with Crippen LogP contribution < -0.4 is 10.1 Å². The average Bonchev–Trinajstić information content (AvgIpc) is 3.23. The molecule has 2 aromatic rings. The number of carbonyl (C=O) groups is 1. The van der Waals surface area contributed by atoms with E-state index >= 15 is 0 Å². The van der Waals surface area contributed by atoms with Crippen LogP contribution >= 0.6 is 0 Å². The zero-order valence-electron chi connectivity index (χ0n) is 15.1. The van der Waals surface area contributed by atoms with Crippen LogP contribution in [-0.4, -0.2) is 39.0 Å². The SMILES string of the molecule is COc1nc2c(cc1C(=O)N[C@H](c1cnn(C)c1)C1CC(O)C1)CCC2. The fourth-order valence-electron chi connectivity index (χ4n) is 3.97. The van der Waals surface area contributed by atoms with Crippen LogP contribution in [0.5, 0.6) is 5.88 Å². The molecule has 4 rings (SSSR count). The van der Waals surface area contributed by atoms with Gasteiger partial charge in [0.1, 0.15) is 5.56 Å². The third-order valence-electron chi connectivity index (χ3n) is 5.45. The Morgan fingerprint density at radius 1 is 1.42 bits per heavy atom. The molecule has 0 aromatic carbocycles. The topological polar surface area (TPSA) is 89.3 Å². The largest absolute Gasteiger partial charge is 0.480 e. The molecule has 1 fully saturated rings. The number of rotatable bonds is 5. The zero-order valence-corrected chi connectivity index (χ0v) is 15.1. The number of fused-ring (bicyclic) bond motifs is 1. The molecule has 0 bridgehead atoms. The number of aliphatic hydroxyl groups is 1. The van der Waals surface area contributed by atoms with E-state index in [1.807, 2.05) is 19.3 Å². The van der Waals surface area contributed by atoms with Crippen LogP contribution in [-0.2, 0) is 19.9 Å². The molecule has 2 N–H and O–H groups in total. The van der Waals surface area contributed by atoms with E-state index in [-0.39, 0.29) is 24.0 Å². The van der Waals surface area contributed by atoms with Gasteiger partial charge in [-0.15, -0.1) is 0 Å². The van der Waals surface area contributed by atoms with E-state index in [2.05, 4.69) is 15.4 Å². The number of aliphatic hydroxyl groups excluding tert-OH is 1. The number of aromatic nitrogens is 3. The van der Waals surface area contributed by atoms with Gasteiger partial charge in [0.05, 0.1) is 25.5 Å². The van der Waals surface area contributed by atoms with Gasteiger partial charge in [0, 0.05) is 24.5 Å². The number of aryl methyl sites for hydroxylation is 3. The maximum absolute atomic E-state index is 13.0. The van der Waals surface area contributed by atoms with E-state index in [9.17, 15) is 9.90 Å². The number of nitrogens with one attached hydrogen (secondary N) is 1. The quantitative estimate of drug-likeness (QED) is 0.849. The van der Waals surface area contributed by atoms with Crippen LogP contribution in [0.4, 0.5) is 0 Å². The highest BCUT2D eigenvalue weighted by Crippen LogP contribution is 2.38. The summed E-state index contributed by atoms with van der Waals surface area (Å²) in [5.74, 6) is 0.382. The van der Waals surface area contributed by atoms with Gasteiger partial charge in [-0.2, -0.15) is 5.10 Å². The Balaban J connectivity index is 1.60.